The van der Waals surface area contributed by atoms with E-state index >= 15 is 0 Å². The summed E-state index contributed by atoms with van der Waals surface area (Å²) in [7, 11) is 0. The van der Waals surface area contributed by atoms with Gasteiger partial charge in [0.05, 0.1) is 35.5 Å². The van der Waals surface area contributed by atoms with Crippen LogP contribution in [0.25, 0.3) is 87.7 Å². The Bertz CT molecular complexity index is 3550. The number of fused-ring (bicyclic) bond motifs is 9. The zero-order valence-electron chi connectivity index (χ0n) is 41.8. The van der Waals surface area contributed by atoms with Crippen LogP contribution in [0.3, 0.4) is 0 Å². The van der Waals surface area contributed by atoms with Crippen LogP contribution in [0.15, 0.2) is 142 Å². The molecule has 0 atom stereocenters. The fourth-order valence-corrected chi connectivity index (χ4v) is 5.22. The van der Waals surface area contributed by atoms with E-state index < -0.39 is 210 Å². The Hall–Kier alpha value is -5.34. The molecule has 0 aliphatic rings. The summed E-state index contributed by atoms with van der Waals surface area (Å²) in [4.78, 5) is 0. The second kappa shape index (κ2) is 8.08. The van der Waals surface area contributed by atoms with Crippen LogP contribution in [0.2, 0.25) is 0 Å². The lowest BCUT2D eigenvalue weighted by molar-refractivity contribution is 0.663. The van der Waals surface area contributed by atoms with Crippen LogP contribution in [-0.2, 0) is 0 Å². The first-order valence-electron chi connectivity index (χ1n) is 22.8. The van der Waals surface area contributed by atoms with Crippen LogP contribution >= 0.6 is 0 Å². The molecule has 0 N–H and O–H groups in total. The summed E-state index contributed by atoms with van der Waals surface area (Å²) in [5, 5.41) is -3.90. The molecule has 0 fully saturated rings. The average molecular weight is 533 g/mol. The maximum absolute atomic E-state index is 9.87. The molecule has 0 saturated carbocycles. The Labute approximate surface area is 260 Å². The van der Waals surface area contributed by atoms with Gasteiger partial charge in [-0.2, -0.15) is 0 Å². The smallest absolute Gasteiger partial charge is 0.147 e. The highest BCUT2D eigenvalue weighted by atomic mass is 16.3. The van der Waals surface area contributed by atoms with Crippen molar-refractivity contribution in [2.24, 2.45) is 0 Å². The van der Waals surface area contributed by atoms with Crippen molar-refractivity contribution in [1.82, 2.24) is 0 Å². The number of furan rings is 2. The molecule has 0 amide bonds. The highest BCUT2D eigenvalue weighted by Crippen LogP contribution is 2.49. The summed E-state index contributed by atoms with van der Waals surface area (Å²) >= 11 is 0. The Balaban J connectivity index is 1.73. The highest BCUT2D eigenvalue weighted by Gasteiger charge is 2.24. The highest BCUT2D eigenvalue weighted by molar-refractivity contribution is 6.30. The monoisotopic (exact) mass is 532 g/mol. The summed E-state index contributed by atoms with van der Waals surface area (Å²) in [6, 6.07) is -18.2. The molecule has 2 aromatic heterocycles. The second-order valence-corrected chi connectivity index (χ2v) is 8.77. The topological polar surface area (TPSA) is 26.3 Å². The Morgan fingerprint density at radius 2 is 0.875 bits per heavy atom. The maximum Gasteiger partial charge on any atom is 0.147 e. The van der Waals surface area contributed by atoms with Crippen LogP contribution in [0.1, 0.15) is 30.2 Å². The Morgan fingerprint density at radius 1 is 0.400 bits per heavy atom. The molecule has 0 bridgehead atoms. The van der Waals surface area contributed by atoms with E-state index in [2.05, 4.69) is 0 Å². The molecular weight excluding hydrogens is 488 g/mol. The minimum atomic E-state index is -0.911. The molecule has 186 valence electrons. The predicted octanol–water partition coefficient (Wildman–Crippen LogP) is 11.1. The summed E-state index contributed by atoms with van der Waals surface area (Å²) < 4.78 is 207. The molecule has 9 rings (SSSR count). The molecule has 7 aromatic carbocycles. The van der Waals surface area contributed by atoms with E-state index in [-0.39, 0.29) is 10.8 Å². The Morgan fingerprint density at radius 3 is 1.50 bits per heavy atom. The zero-order valence-corrected chi connectivity index (χ0v) is 19.8. The van der Waals surface area contributed by atoms with Gasteiger partial charge < -0.3 is 8.83 Å². The standard InChI is InChI=1S/C38H22O2/c1-2-12-23(13-3-1)34-24-14-4-6-16-26(24)35(27-17-7-5-15-25(27)34)30-22-33-37(29-19-9-10-20-31(29)39-33)38-36(30)28-18-8-11-21-32(28)40-38/h1-22H/i1D,2D,3D,4D,5D,6D,7D,8D,9D,10D,11D,12D,13D,14D,15D,16D,17D,18D,19D,20D,21D,22D. The maximum atomic E-state index is 9.87. The van der Waals surface area contributed by atoms with Gasteiger partial charge in [-0.3, -0.25) is 0 Å². The third-order valence-electron chi connectivity index (χ3n) is 6.76. The van der Waals surface area contributed by atoms with Gasteiger partial charge in [-0.05, 0) is 61.9 Å². The van der Waals surface area contributed by atoms with Gasteiger partial charge in [-0.15, -0.1) is 0 Å². The first-order chi connectivity index (χ1) is 29.0. The van der Waals surface area contributed by atoms with Crippen molar-refractivity contribution >= 4 is 65.4 Å². The van der Waals surface area contributed by atoms with E-state index in [0.29, 0.717) is 0 Å². The van der Waals surface area contributed by atoms with Gasteiger partial charge in [0, 0.05) is 16.2 Å². The largest absolute Gasteiger partial charge is 0.456 e. The van der Waals surface area contributed by atoms with Crippen molar-refractivity contribution in [3.8, 4) is 22.3 Å². The van der Waals surface area contributed by atoms with Crippen molar-refractivity contribution in [2.45, 2.75) is 0 Å². The van der Waals surface area contributed by atoms with Crippen LogP contribution < -0.4 is 0 Å². The number of hydrogen-bond acceptors (Lipinski definition) is 2. The van der Waals surface area contributed by atoms with Crippen molar-refractivity contribution in [1.29, 1.82) is 0 Å². The summed E-state index contributed by atoms with van der Waals surface area (Å²) in [5.41, 5.74) is -4.42. The lowest BCUT2D eigenvalue weighted by Crippen LogP contribution is -1.91. The summed E-state index contributed by atoms with van der Waals surface area (Å²) in [5.74, 6) is 0. The minimum absolute atomic E-state index is 0.294. The molecule has 0 aliphatic carbocycles. The first kappa shape index (κ1) is 9.39. The zero-order chi connectivity index (χ0) is 45.4. The van der Waals surface area contributed by atoms with E-state index in [1.807, 2.05) is 0 Å². The SMILES string of the molecule is [2H]c1c([2H])c([2H])c(-c2c3c([2H])c([2H])c([2H])c([2H])c3c(-c3c([2H])c4oc5c([2H])c([2H])c([2H])c([2H])c5c4c4oc5c([2H])c([2H])c([2H])c([2H])c5c34)c3c([2H])c([2H])c([2H])c([2H])c23)c([2H])c1[2H]. The van der Waals surface area contributed by atoms with Gasteiger partial charge >= 0.3 is 0 Å². The molecule has 0 unspecified atom stereocenters. The van der Waals surface area contributed by atoms with Gasteiger partial charge in [0.1, 0.15) is 22.3 Å². The van der Waals surface area contributed by atoms with Crippen LogP contribution in [0.4, 0.5) is 0 Å². The molecule has 2 heterocycles. The lowest BCUT2D eigenvalue weighted by Gasteiger charge is -2.18. The van der Waals surface area contributed by atoms with Gasteiger partial charge in [0.2, 0.25) is 0 Å². The molecule has 2 nitrogen and oxygen atoms in total. The fourth-order valence-electron chi connectivity index (χ4n) is 5.22. The molecular formula is C38H22O2. The molecule has 2 heteroatoms. The quantitative estimate of drug-likeness (QED) is 0.207. The number of para-hydroxylation sites is 2. The van der Waals surface area contributed by atoms with E-state index in [9.17, 15) is 6.85 Å². The number of hydrogen-bond donors (Lipinski definition) is 0. The predicted molar refractivity (Wildman–Crippen MR) is 167 cm³/mol. The van der Waals surface area contributed by atoms with Crippen molar-refractivity contribution in [3.63, 3.8) is 0 Å². The molecule has 0 spiro atoms. The third-order valence-corrected chi connectivity index (χ3v) is 6.76. The van der Waals surface area contributed by atoms with Crippen LogP contribution in [0.5, 0.6) is 0 Å². The lowest BCUT2D eigenvalue weighted by atomic mass is 9.84. The summed E-state index contributed by atoms with van der Waals surface area (Å²) in [6.07, 6.45) is 0. The molecule has 0 saturated heterocycles. The average Bonchev–Trinajstić information content (AvgIpc) is 3.85. The first-order valence-corrected chi connectivity index (χ1v) is 11.8. The van der Waals surface area contributed by atoms with Gasteiger partial charge in [-0.1, -0.05) is 115 Å². The molecule has 40 heavy (non-hydrogen) atoms. The Kier molecular flexibility index (Phi) is 1.90. The third kappa shape index (κ3) is 2.88. The van der Waals surface area contributed by atoms with Crippen LogP contribution in [0, 0.1) is 0 Å². The van der Waals surface area contributed by atoms with E-state index in [0.717, 1.165) is 0 Å². The fraction of sp³-hybridized carbons (Fsp3) is 0. The number of benzene rings is 7. The van der Waals surface area contributed by atoms with Gasteiger partial charge in [0.25, 0.3) is 0 Å². The van der Waals surface area contributed by atoms with Gasteiger partial charge in [0.15, 0.2) is 0 Å². The van der Waals surface area contributed by atoms with E-state index in [1.165, 1.54) is 0 Å². The van der Waals surface area contributed by atoms with Crippen LogP contribution in [-0.4, -0.2) is 0 Å². The molecule has 0 radical (unpaired) electrons. The summed E-state index contributed by atoms with van der Waals surface area (Å²) in [6.45, 7) is 0. The van der Waals surface area contributed by atoms with Gasteiger partial charge in [-0.25, -0.2) is 0 Å². The normalized spacial score (nSPS) is 19.7. The van der Waals surface area contributed by atoms with Crippen molar-refractivity contribution in [3.05, 3.63) is 133 Å². The minimum Gasteiger partial charge on any atom is -0.456 e. The number of rotatable bonds is 2. The van der Waals surface area contributed by atoms with E-state index in [1.54, 1.807) is 0 Å². The second-order valence-electron chi connectivity index (χ2n) is 8.77. The van der Waals surface area contributed by atoms with Crippen molar-refractivity contribution < 1.29 is 39.0 Å². The molecule has 9 aromatic rings. The van der Waals surface area contributed by atoms with Crippen molar-refractivity contribution in [2.75, 3.05) is 0 Å². The van der Waals surface area contributed by atoms with E-state index in [4.69, 9.17) is 32.1 Å². The molecule has 0 aliphatic heterocycles.